The summed E-state index contributed by atoms with van der Waals surface area (Å²) in [6, 6.07) is 0.512. The van der Waals surface area contributed by atoms with E-state index in [2.05, 4.69) is 36.1 Å². The van der Waals surface area contributed by atoms with Crippen molar-refractivity contribution in [2.45, 2.75) is 65.0 Å². The molecule has 2 aromatic rings. The Bertz CT molecular complexity index is 694. The van der Waals surface area contributed by atoms with Gasteiger partial charge in [0.15, 0.2) is 11.5 Å². The molecule has 2 heterocycles. The lowest BCUT2D eigenvalue weighted by molar-refractivity contribution is 0.728. The summed E-state index contributed by atoms with van der Waals surface area (Å²) in [6.45, 7) is 7.14. The Balaban J connectivity index is 2.12. The smallest absolute Gasteiger partial charge is 0.203 e. The van der Waals surface area contributed by atoms with Crippen LogP contribution in [0.5, 0.6) is 0 Å². The van der Waals surface area contributed by atoms with E-state index >= 15 is 0 Å². The second kappa shape index (κ2) is 5.75. The van der Waals surface area contributed by atoms with Crippen molar-refractivity contribution in [2.75, 3.05) is 5.32 Å². The molecule has 1 fully saturated rings. The van der Waals surface area contributed by atoms with Gasteiger partial charge < -0.3 is 10.3 Å². The molecule has 0 saturated heterocycles. The molecule has 1 aliphatic rings. The molecule has 0 radical (unpaired) electrons. The summed E-state index contributed by atoms with van der Waals surface area (Å²) in [5.41, 5.74) is 1.91. The Kier molecular flexibility index (Phi) is 3.97. The van der Waals surface area contributed by atoms with Crippen LogP contribution in [0.15, 0.2) is 0 Å². The third kappa shape index (κ3) is 2.69. The van der Waals surface area contributed by atoms with Gasteiger partial charge in [-0.1, -0.05) is 26.7 Å². The lowest BCUT2D eigenvalue weighted by Gasteiger charge is -2.14. The van der Waals surface area contributed by atoms with Crippen molar-refractivity contribution in [2.24, 2.45) is 0 Å². The minimum absolute atomic E-state index is 0.357. The van der Waals surface area contributed by atoms with Crippen LogP contribution < -0.4 is 5.32 Å². The maximum atomic E-state index is 5.44. The molecule has 0 amide bonds. The van der Waals surface area contributed by atoms with Crippen LogP contribution in [0.2, 0.25) is 0 Å². The number of hydrogen-bond acceptors (Lipinski definition) is 4. The fraction of sp³-hybridized carbons (Fsp3) is 0.667. The molecule has 0 atom stereocenters. The van der Waals surface area contributed by atoms with Gasteiger partial charge in [-0.3, -0.25) is 4.57 Å². The first kappa shape index (κ1) is 14.5. The van der Waals surface area contributed by atoms with Gasteiger partial charge in [0.1, 0.15) is 11.3 Å². The van der Waals surface area contributed by atoms with Gasteiger partial charge in [0.05, 0.1) is 0 Å². The lowest BCUT2D eigenvalue weighted by atomic mass is 10.2. The Labute approximate surface area is 130 Å². The number of nitrogens with one attached hydrogen (secondary N) is 2. The molecular formula is C15H23N5S. The van der Waals surface area contributed by atoms with Crippen LogP contribution in [0.25, 0.3) is 11.2 Å². The summed E-state index contributed by atoms with van der Waals surface area (Å²) >= 11 is 5.44. The molecule has 0 unspecified atom stereocenters. The molecule has 1 saturated carbocycles. The molecule has 3 rings (SSSR count). The Hall–Kier alpha value is -1.43. The SMILES string of the molecule is CCn1c(=S)nc(NC2CCCC2)c2[nH]c(C(C)C)nc21. The van der Waals surface area contributed by atoms with E-state index in [1.165, 1.54) is 25.7 Å². The average molecular weight is 305 g/mol. The number of fused-ring (bicyclic) bond motifs is 1. The van der Waals surface area contributed by atoms with Gasteiger partial charge in [0.25, 0.3) is 0 Å². The van der Waals surface area contributed by atoms with Crippen LogP contribution in [0, 0.1) is 4.77 Å². The van der Waals surface area contributed by atoms with Crippen LogP contribution in [-0.2, 0) is 6.54 Å². The number of hydrogen-bond donors (Lipinski definition) is 2. The topological polar surface area (TPSA) is 58.5 Å². The number of rotatable bonds is 4. The third-order valence-corrected chi connectivity index (χ3v) is 4.50. The zero-order chi connectivity index (χ0) is 15.0. The molecule has 0 spiro atoms. The van der Waals surface area contributed by atoms with Gasteiger partial charge in [-0.05, 0) is 32.0 Å². The zero-order valence-electron chi connectivity index (χ0n) is 12.9. The molecule has 6 heteroatoms. The molecule has 2 aromatic heterocycles. The highest BCUT2D eigenvalue weighted by molar-refractivity contribution is 7.71. The zero-order valence-corrected chi connectivity index (χ0v) is 13.8. The van der Waals surface area contributed by atoms with Crippen LogP contribution in [0.3, 0.4) is 0 Å². The van der Waals surface area contributed by atoms with Crippen LogP contribution in [0.1, 0.15) is 58.2 Å². The highest BCUT2D eigenvalue weighted by Crippen LogP contribution is 2.27. The number of nitrogens with zero attached hydrogens (tertiary/aromatic N) is 3. The van der Waals surface area contributed by atoms with E-state index in [1.807, 2.05) is 4.57 Å². The second-order valence-electron chi connectivity index (χ2n) is 6.09. The van der Waals surface area contributed by atoms with E-state index in [0.29, 0.717) is 16.7 Å². The minimum Gasteiger partial charge on any atom is -0.365 e. The van der Waals surface area contributed by atoms with Crippen molar-refractivity contribution in [3.63, 3.8) is 0 Å². The predicted molar refractivity (Wildman–Crippen MR) is 88.4 cm³/mol. The van der Waals surface area contributed by atoms with E-state index < -0.39 is 0 Å². The maximum Gasteiger partial charge on any atom is 0.203 e. The largest absolute Gasteiger partial charge is 0.365 e. The fourth-order valence-electron chi connectivity index (χ4n) is 2.97. The molecule has 0 bridgehead atoms. The maximum absolute atomic E-state index is 5.44. The van der Waals surface area contributed by atoms with Gasteiger partial charge in [-0.15, -0.1) is 0 Å². The number of anilines is 1. The highest BCUT2D eigenvalue weighted by Gasteiger charge is 2.19. The van der Waals surface area contributed by atoms with Gasteiger partial charge >= 0.3 is 0 Å². The van der Waals surface area contributed by atoms with Crippen LogP contribution >= 0.6 is 12.2 Å². The van der Waals surface area contributed by atoms with E-state index in [9.17, 15) is 0 Å². The summed E-state index contributed by atoms with van der Waals surface area (Å²) in [6.07, 6.45) is 5.01. The molecule has 0 aromatic carbocycles. The first-order chi connectivity index (χ1) is 10.1. The van der Waals surface area contributed by atoms with Crippen molar-refractivity contribution in [1.29, 1.82) is 0 Å². The number of H-pyrrole nitrogens is 1. The summed E-state index contributed by atoms with van der Waals surface area (Å²) in [4.78, 5) is 12.8. The highest BCUT2D eigenvalue weighted by atomic mass is 32.1. The Morgan fingerprint density at radius 3 is 2.67 bits per heavy atom. The van der Waals surface area contributed by atoms with E-state index in [-0.39, 0.29) is 0 Å². The second-order valence-corrected chi connectivity index (χ2v) is 6.45. The predicted octanol–water partition coefficient (Wildman–Crippen LogP) is 3.99. The molecule has 21 heavy (non-hydrogen) atoms. The molecule has 114 valence electrons. The fourth-order valence-corrected chi connectivity index (χ4v) is 3.28. The number of aromatic nitrogens is 4. The summed E-state index contributed by atoms with van der Waals surface area (Å²) in [7, 11) is 0. The van der Waals surface area contributed by atoms with Gasteiger partial charge in [-0.2, -0.15) is 0 Å². The average Bonchev–Trinajstić information content (AvgIpc) is 3.07. The Morgan fingerprint density at radius 2 is 2.05 bits per heavy atom. The lowest BCUT2D eigenvalue weighted by Crippen LogP contribution is -2.17. The molecule has 1 aliphatic carbocycles. The van der Waals surface area contributed by atoms with E-state index in [4.69, 9.17) is 17.2 Å². The van der Waals surface area contributed by atoms with Crippen molar-refractivity contribution in [1.82, 2.24) is 19.5 Å². The molecule has 0 aliphatic heterocycles. The van der Waals surface area contributed by atoms with E-state index in [1.54, 1.807) is 0 Å². The van der Waals surface area contributed by atoms with Crippen molar-refractivity contribution < 1.29 is 0 Å². The number of aromatic amines is 1. The standard InChI is InChI=1S/C15H23N5S/c1-4-20-14-11(17-12(18-14)9(2)3)13(19-15(20)21)16-10-7-5-6-8-10/h9-10H,4-8H2,1-3H3,(H,17,18)(H,16,19,21). The number of imidazole rings is 1. The van der Waals surface area contributed by atoms with Gasteiger partial charge in [-0.25, -0.2) is 9.97 Å². The summed E-state index contributed by atoms with van der Waals surface area (Å²) in [5.74, 6) is 2.21. The van der Waals surface area contributed by atoms with Gasteiger partial charge in [0, 0.05) is 18.5 Å². The summed E-state index contributed by atoms with van der Waals surface area (Å²) < 4.78 is 2.60. The Morgan fingerprint density at radius 1 is 1.33 bits per heavy atom. The molecule has 2 N–H and O–H groups in total. The van der Waals surface area contributed by atoms with Crippen molar-refractivity contribution in [3.05, 3.63) is 10.6 Å². The molecule has 5 nitrogen and oxygen atoms in total. The first-order valence-corrected chi connectivity index (χ1v) is 8.28. The minimum atomic E-state index is 0.357. The normalized spacial score (nSPS) is 16.2. The van der Waals surface area contributed by atoms with Gasteiger partial charge in [0.2, 0.25) is 4.77 Å². The van der Waals surface area contributed by atoms with Crippen molar-refractivity contribution in [3.8, 4) is 0 Å². The number of aryl methyl sites for hydroxylation is 1. The monoisotopic (exact) mass is 305 g/mol. The van der Waals surface area contributed by atoms with Crippen LogP contribution in [-0.4, -0.2) is 25.6 Å². The third-order valence-electron chi connectivity index (χ3n) is 4.19. The van der Waals surface area contributed by atoms with Crippen LogP contribution in [0.4, 0.5) is 5.82 Å². The first-order valence-electron chi connectivity index (χ1n) is 7.87. The van der Waals surface area contributed by atoms with E-state index in [0.717, 1.165) is 29.4 Å². The quantitative estimate of drug-likeness (QED) is 0.839. The van der Waals surface area contributed by atoms with Crippen molar-refractivity contribution >= 4 is 29.2 Å². The molecular weight excluding hydrogens is 282 g/mol. The summed E-state index contributed by atoms with van der Waals surface area (Å²) in [5, 5.41) is 3.57.